The van der Waals surface area contributed by atoms with Crippen molar-refractivity contribution in [3.8, 4) is 5.75 Å². The Labute approximate surface area is 214 Å². The van der Waals surface area contributed by atoms with E-state index in [0.29, 0.717) is 22.6 Å². The fraction of sp³-hybridized carbons (Fsp3) is 0.200. The summed E-state index contributed by atoms with van der Waals surface area (Å²) in [6.45, 7) is 3.32. The van der Waals surface area contributed by atoms with Crippen molar-refractivity contribution in [1.29, 1.82) is 0 Å². The zero-order valence-corrected chi connectivity index (χ0v) is 21.0. The van der Waals surface area contributed by atoms with Crippen LogP contribution >= 0.6 is 11.3 Å². The van der Waals surface area contributed by atoms with Crippen molar-refractivity contribution in [2.75, 3.05) is 19.1 Å². The van der Waals surface area contributed by atoms with Gasteiger partial charge in [0.05, 0.1) is 36.5 Å². The molecule has 37 heavy (non-hydrogen) atoms. The van der Waals surface area contributed by atoms with E-state index in [9.17, 15) is 29.6 Å². The summed E-state index contributed by atoms with van der Waals surface area (Å²) in [6.07, 6.45) is 0. The van der Waals surface area contributed by atoms with Gasteiger partial charge in [-0.15, -0.1) is 0 Å². The molecule has 1 saturated heterocycles. The third-order valence-electron chi connectivity index (χ3n) is 5.89. The number of Topliss-reactive ketones (excluding diaryl/α,β-unsaturated/α-hetero) is 1. The van der Waals surface area contributed by atoms with Crippen LogP contribution in [0.25, 0.3) is 5.76 Å². The number of ether oxygens (including phenoxy) is 2. The summed E-state index contributed by atoms with van der Waals surface area (Å²) in [4.78, 5) is 54.9. The zero-order valence-electron chi connectivity index (χ0n) is 20.2. The average molecular weight is 524 g/mol. The van der Waals surface area contributed by atoms with Crippen LogP contribution in [-0.2, 0) is 14.3 Å². The third-order valence-corrected chi connectivity index (χ3v) is 7.03. The quantitative estimate of drug-likeness (QED) is 0.126. The number of ketones is 1. The molecule has 1 aromatic heterocycles. The molecular formula is C25H21N3O8S. The Bertz CT molecular complexity index is 1480. The molecule has 2 heterocycles. The zero-order chi connectivity index (χ0) is 27.0. The van der Waals surface area contributed by atoms with Crippen LogP contribution in [0, 0.1) is 24.0 Å². The fourth-order valence-corrected chi connectivity index (χ4v) is 5.08. The molecule has 11 nitrogen and oxygen atoms in total. The molecule has 0 saturated carbocycles. The normalized spacial score (nSPS) is 16.6. The summed E-state index contributed by atoms with van der Waals surface area (Å²) in [5, 5.41) is 22.5. The van der Waals surface area contributed by atoms with Crippen molar-refractivity contribution in [2.24, 2.45) is 0 Å². The Morgan fingerprint density at radius 3 is 2.38 bits per heavy atom. The summed E-state index contributed by atoms with van der Waals surface area (Å²) in [6, 6.07) is 8.88. The molecule has 3 aromatic rings. The van der Waals surface area contributed by atoms with Gasteiger partial charge in [-0.1, -0.05) is 11.3 Å². The van der Waals surface area contributed by atoms with Crippen LogP contribution in [0.4, 0.5) is 10.8 Å². The number of carbonyl (C=O) groups excluding carboxylic acids is 3. The molecule has 12 heteroatoms. The van der Waals surface area contributed by atoms with E-state index in [1.165, 1.54) is 38.5 Å². The first-order valence-corrected chi connectivity index (χ1v) is 11.7. The second-order valence-electron chi connectivity index (χ2n) is 8.10. The van der Waals surface area contributed by atoms with Gasteiger partial charge in [-0.3, -0.25) is 24.6 Å². The van der Waals surface area contributed by atoms with Gasteiger partial charge in [0.1, 0.15) is 16.4 Å². The Morgan fingerprint density at radius 2 is 1.81 bits per heavy atom. The number of esters is 1. The van der Waals surface area contributed by atoms with E-state index in [-0.39, 0.29) is 26.8 Å². The molecule has 0 bridgehead atoms. The summed E-state index contributed by atoms with van der Waals surface area (Å²) in [5.74, 6) is -2.46. The van der Waals surface area contributed by atoms with Gasteiger partial charge in [0, 0.05) is 17.7 Å². The number of amides is 1. The lowest BCUT2D eigenvalue weighted by atomic mass is 9.94. The van der Waals surface area contributed by atoms with Crippen molar-refractivity contribution >= 4 is 45.6 Å². The van der Waals surface area contributed by atoms with Crippen molar-refractivity contribution in [2.45, 2.75) is 19.9 Å². The van der Waals surface area contributed by atoms with Gasteiger partial charge in [-0.25, -0.2) is 9.78 Å². The van der Waals surface area contributed by atoms with Crippen LogP contribution in [0.1, 0.15) is 38.1 Å². The minimum atomic E-state index is -1.17. The predicted octanol–water partition coefficient (Wildman–Crippen LogP) is 4.09. The maximum atomic E-state index is 13.3. The van der Waals surface area contributed by atoms with Crippen LogP contribution in [0.5, 0.6) is 5.75 Å². The number of hydrogen-bond donors (Lipinski definition) is 1. The Morgan fingerprint density at radius 1 is 1.14 bits per heavy atom. The molecule has 1 aliphatic heterocycles. The van der Waals surface area contributed by atoms with Crippen LogP contribution in [0.3, 0.4) is 0 Å². The molecular weight excluding hydrogens is 502 g/mol. The highest BCUT2D eigenvalue weighted by Gasteiger charge is 2.48. The minimum absolute atomic E-state index is 0.0355. The highest BCUT2D eigenvalue weighted by Crippen LogP contribution is 2.44. The number of anilines is 1. The van der Waals surface area contributed by atoms with Crippen molar-refractivity contribution < 1.29 is 33.9 Å². The SMILES string of the molecule is COC(=O)c1sc(N2C(=O)C(=O)/C(=C(/O)c3ccc(OC)c(C)c3)[C@@H]2c2ccc([N+](=O)[O-])cc2)nc1C. The minimum Gasteiger partial charge on any atom is -0.507 e. The number of carbonyl (C=O) groups is 3. The number of non-ortho nitro benzene ring substituents is 1. The summed E-state index contributed by atoms with van der Waals surface area (Å²) in [7, 11) is 2.71. The first-order chi connectivity index (χ1) is 17.6. The van der Waals surface area contributed by atoms with Gasteiger partial charge in [-0.05, 0) is 55.3 Å². The number of aliphatic hydroxyl groups excluding tert-OH is 1. The standard InChI is InChI=1S/C25H21N3O8S/c1-12-11-15(7-10-17(12)35-3)20(29)18-19(14-5-8-16(9-6-14)28(33)34)27(23(31)21(18)30)25-26-13(2)22(37-25)24(32)36-4/h5-11,19,29H,1-4H3/b20-18+/t19-/m0/s1. The maximum absolute atomic E-state index is 13.3. The number of thiazole rings is 1. The number of aryl methyl sites for hydroxylation is 2. The van der Waals surface area contributed by atoms with Crippen LogP contribution < -0.4 is 9.64 Å². The Hall–Kier alpha value is -4.58. The molecule has 0 aliphatic carbocycles. The summed E-state index contributed by atoms with van der Waals surface area (Å²) >= 11 is 0.857. The monoisotopic (exact) mass is 523 g/mol. The van der Waals surface area contributed by atoms with Gasteiger partial charge < -0.3 is 14.6 Å². The van der Waals surface area contributed by atoms with E-state index in [2.05, 4.69) is 4.98 Å². The fourth-order valence-electron chi connectivity index (χ4n) is 4.07. The Balaban J connectivity index is 1.94. The molecule has 0 spiro atoms. The number of hydrogen-bond acceptors (Lipinski definition) is 10. The van der Waals surface area contributed by atoms with Crippen molar-refractivity contribution in [1.82, 2.24) is 4.98 Å². The van der Waals surface area contributed by atoms with Gasteiger partial charge >= 0.3 is 11.9 Å². The van der Waals surface area contributed by atoms with E-state index in [4.69, 9.17) is 9.47 Å². The molecule has 2 aromatic carbocycles. The molecule has 1 fully saturated rings. The molecule has 1 atom stereocenters. The van der Waals surface area contributed by atoms with Crippen LogP contribution in [-0.4, -0.2) is 46.9 Å². The van der Waals surface area contributed by atoms with E-state index < -0.39 is 34.4 Å². The lowest BCUT2D eigenvalue weighted by Crippen LogP contribution is -2.29. The van der Waals surface area contributed by atoms with Gasteiger partial charge in [0.25, 0.3) is 11.5 Å². The number of aliphatic hydroxyl groups is 1. The average Bonchev–Trinajstić information content (AvgIpc) is 3.39. The highest BCUT2D eigenvalue weighted by atomic mass is 32.1. The number of nitro benzene ring substituents is 1. The predicted molar refractivity (Wildman–Crippen MR) is 134 cm³/mol. The van der Waals surface area contributed by atoms with Gasteiger partial charge in [0.2, 0.25) is 0 Å². The third kappa shape index (κ3) is 4.42. The van der Waals surface area contributed by atoms with Crippen molar-refractivity contribution in [3.63, 3.8) is 0 Å². The molecule has 1 amide bonds. The first-order valence-electron chi connectivity index (χ1n) is 10.8. The number of nitro groups is 1. The second-order valence-corrected chi connectivity index (χ2v) is 9.08. The van der Waals surface area contributed by atoms with Gasteiger partial charge in [0.15, 0.2) is 5.13 Å². The second kappa shape index (κ2) is 9.82. The summed E-state index contributed by atoms with van der Waals surface area (Å²) in [5.41, 5.74) is 1.16. The number of aromatic nitrogens is 1. The number of methoxy groups -OCH3 is 2. The highest BCUT2D eigenvalue weighted by molar-refractivity contribution is 7.17. The Kier molecular flexibility index (Phi) is 6.77. The van der Waals surface area contributed by atoms with E-state index in [1.807, 2.05) is 0 Å². The molecule has 190 valence electrons. The topological polar surface area (TPSA) is 149 Å². The molecule has 4 rings (SSSR count). The molecule has 0 unspecified atom stereocenters. The largest absolute Gasteiger partial charge is 0.507 e. The molecule has 1 aliphatic rings. The lowest BCUT2D eigenvalue weighted by Gasteiger charge is -2.23. The van der Waals surface area contributed by atoms with Gasteiger partial charge in [-0.2, -0.15) is 0 Å². The van der Waals surface area contributed by atoms with E-state index in [1.54, 1.807) is 32.0 Å². The summed E-state index contributed by atoms with van der Waals surface area (Å²) < 4.78 is 10.0. The van der Waals surface area contributed by atoms with E-state index in [0.717, 1.165) is 16.2 Å². The number of benzene rings is 2. The molecule has 1 N–H and O–H groups in total. The smallest absolute Gasteiger partial charge is 0.350 e. The van der Waals surface area contributed by atoms with Crippen LogP contribution in [0.15, 0.2) is 48.0 Å². The van der Waals surface area contributed by atoms with E-state index >= 15 is 0 Å². The maximum Gasteiger partial charge on any atom is 0.350 e. The number of nitrogens with zero attached hydrogens (tertiary/aromatic N) is 3. The van der Waals surface area contributed by atoms with Crippen LogP contribution in [0.2, 0.25) is 0 Å². The lowest BCUT2D eigenvalue weighted by molar-refractivity contribution is -0.384. The number of rotatable bonds is 6. The molecule has 0 radical (unpaired) electrons. The van der Waals surface area contributed by atoms with Crippen molar-refractivity contribution in [3.05, 3.63) is 85.4 Å². The first kappa shape index (κ1) is 25.5.